The summed E-state index contributed by atoms with van der Waals surface area (Å²) in [6, 6.07) is -0.473. The minimum absolute atomic E-state index is 0.0953. The van der Waals surface area contributed by atoms with Crippen molar-refractivity contribution in [2.75, 3.05) is 26.3 Å². The molecule has 0 aromatic carbocycles. The van der Waals surface area contributed by atoms with Crippen LogP contribution in [0.5, 0.6) is 0 Å². The lowest BCUT2D eigenvalue weighted by Crippen LogP contribution is -2.48. The first kappa shape index (κ1) is 16.4. The minimum atomic E-state index is -1.09. The summed E-state index contributed by atoms with van der Waals surface area (Å²) in [7, 11) is 0. The molecule has 2 aliphatic rings. The third kappa shape index (κ3) is 3.28. The molecule has 0 spiro atoms. The molecule has 2 atom stereocenters. The van der Waals surface area contributed by atoms with Crippen molar-refractivity contribution in [1.82, 2.24) is 9.80 Å². The highest BCUT2D eigenvalue weighted by atomic mass is 16.6. The molecule has 8 nitrogen and oxygen atoms in total. The molecule has 1 N–H and O–H groups in total. The van der Waals surface area contributed by atoms with Crippen molar-refractivity contribution in [3.05, 3.63) is 12.7 Å². The predicted octanol–water partition coefficient (Wildman–Crippen LogP) is -0.482. The van der Waals surface area contributed by atoms with Gasteiger partial charge in [-0.05, 0) is 13.8 Å². The molecule has 0 saturated carbocycles. The molecule has 2 saturated heterocycles. The van der Waals surface area contributed by atoms with Gasteiger partial charge in [-0.3, -0.25) is 9.69 Å². The van der Waals surface area contributed by atoms with Gasteiger partial charge in [0.15, 0.2) is 0 Å². The summed E-state index contributed by atoms with van der Waals surface area (Å²) in [6.45, 7) is 6.86. The zero-order valence-corrected chi connectivity index (χ0v) is 12.7. The lowest BCUT2D eigenvalue weighted by atomic mass is 10.0. The molecule has 0 aliphatic carbocycles. The Hall–Kier alpha value is -1.93. The number of carbonyl (C=O) groups excluding carboxylic acids is 3. The molecule has 2 aliphatic heterocycles. The predicted molar refractivity (Wildman–Crippen MR) is 74.8 cm³/mol. The third-order valence-corrected chi connectivity index (χ3v) is 3.67. The molecular weight excluding hydrogens is 292 g/mol. The molecule has 0 bridgehead atoms. The van der Waals surface area contributed by atoms with Crippen LogP contribution in [0.3, 0.4) is 0 Å². The summed E-state index contributed by atoms with van der Waals surface area (Å²) >= 11 is 0. The van der Waals surface area contributed by atoms with Crippen LogP contribution in [0.15, 0.2) is 12.7 Å². The minimum Gasteiger partial charge on any atom is -0.460 e. The molecular formula is C14H20N2O6. The van der Waals surface area contributed by atoms with Crippen LogP contribution in [0.25, 0.3) is 0 Å². The van der Waals surface area contributed by atoms with Crippen molar-refractivity contribution in [1.29, 1.82) is 0 Å². The van der Waals surface area contributed by atoms with Crippen molar-refractivity contribution < 1.29 is 29.0 Å². The van der Waals surface area contributed by atoms with Crippen LogP contribution in [0, 0.1) is 0 Å². The SMILES string of the molecule is C=CC(=O)OCC(O)CN1C(=O)N(CC2CO2)C(=O)C1(C)C. The Labute approximate surface area is 128 Å². The number of nitrogens with zero attached hydrogens (tertiary/aromatic N) is 2. The van der Waals surface area contributed by atoms with E-state index in [1.54, 1.807) is 13.8 Å². The average molecular weight is 312 g/mol. The first-order chi connectivity index (χ1) is 10.3. The van der Waals surface area contributed by atoms with E-state index in [0.717, 1.165) is 11.0 Å². The van der Waals surface area contributed by atoms with Gasteiger partial charge in [0.25, 0.3) is 5.91 Å². The maximum Gasteiger partial charge on any atom is 0.330 e. The van der Waals surface area contributed by atoms with Crippen molar-refractivity contribution in [2.24, 2.45) is 0 Å². The first-order valence-electron chi connectivity index (χ1n) is 6.99. The number of β-amino-alcohol motifs (C(OH)–C–C–N with tert-alkyl or cyclic N) is 1. The van der Waals surface area contributed by atoms with Gasteiger partial charge >= 0.3 is 12.0 Å². The molecule has 0 aromatic rings. The fourth-order valence-electron chi connectivity index (χ4n) is 2.26. The Bertz CT molecular complexity index is 500. The van der Waals surface area contributed by atoms with E-state index in [4.69, 9.17) is 9.47 Å². The largest absolute Gasteiger partial charge is 0.460 e. The fraction of sp³-hybridized carbons (Fsp3) is 0.643. The molecule has 3 amide bonds. The smallest absolute Gasteiger partial charge is 0.330 e. The number of hydrogen-bond acceptors (Lipinski definition) is 6. The van der Waals surface area contributed by atoms with E-state index in [9.17, 15) is 19.5 Å². The Balaban J connectivity index is 1.98. The molecule has 2 heterocycles. The van der Waals surface area contributed by atoms with Crippen molar-refractivity contribution in [2.45, 2.75) is 31.6 Å². The normalized spacial score (nSPS) is 24.4. The lowest BCUT2D eigenvalue weighted by Gasteiger charge is -2.29. The van der Waals surface area contributed by atoms with Gasteiger partial charge in [0, 0.05) is 6.08 Å². The zero-order chi connectivity index (χ0) is 16.5. The first-order valence-corrected chi connectivity index (χ1v) is 6.99. The number of rotatable bonds is 7. The van der Waals surface area contributed by atoms with Crippen LogP contribution in [0.2, 0.25) is 0 Å². The second-order valence-electron chi connectivity index (χ2n) is 5.81. The molecule has 2 rings (SSSR count). The molecule has 8 heteroatoms. The number of urea groups is 1. The van der Waals surface area contributed by atoms with E-state index in [-0.39, 0.29) is 31.7 Å². The van der Waals surface area contributed by atoms with Crippen LogP contribution >= 0.6 is 0 Å². The summed E-state index contributed by atoms with van der Waals surface area (Å²) in [5.74, 6) is -0.988. The van der Waals surface area contributed by atoms with Crippen LogP contribution < -0.4 is 0 Å². The maximum absolute atomic E-state index is 12.4. The second-order valence-corrected chi connectivity index (χ2v) is 5.81. The molecule has 2 unspecified atom stereocenters. The Morgan fingerprint density at radius 2 is 2.23 bits per heavy atom. The highest BCUT2D eigenvalue weighted by Crippen LogP contribution is 2.29. The van der Waals surface area contributed by atoms with Crippen molar-refractivity contribution in [3.8, 4) is 0 Å². The standard InChI is InChI=1S/C14H20N2O6/c1-4-11(18)22-7-9(17)5-16-13(20)15(6-10-8-21-10)12(19)14(16,2)3/h4,9-10,17H,1,5-8H2,2-3H3. The number of epoxide rings is 1. The highest BCUT2D eigenvalue weighted by Gasteiger charge is 2.52. The Morgan fingerprint density at radius 1 is 1.59 bits per heavy atom. The summed E-state index contributed by atoms with van der Waals surface area (Å²) in [4.78, 5) is 38.1. The summed E-state index contributed by atoms with van der Waals surface area (Å²) in [5, 5.41) is 9.91. The van der Waals surface area contributed by atoms with E-state index >= 15 is 0 Å². The van der Waals surface area contributed by atoms with E-state index < -0.39 is 23.6 Å². The van der Waals surface area contributed by atoms with E-state index in [1.165, 1.54) is 4.90 Å². The molecule has 2 fully saturated rings. The average Bonchev–Trinajstić information content (AvgIpc) is 3.27. The van der Waals surface area contributed by atoms with Gasteiger partial charge in [0.2, 0.25) is 0 Å². The van der Waals surface area contributed by atoms with Gasteiger partial charge in [-0.1, -0.05) is 6.58 Å². The highest BCUT2D eigenvalue weighted by molar-refractivity contribution is 6.06. The monoisotopic (exact) mass is 312 g/mol. The summed E-state index contributed by atoms with van der Waals surface area (Å²) < 4.78 is 9.78. The van der Waals surface area contributed by atoms with Crippen LogP contribution in [-0.2, 0) is 19.1 Å². The number of amides is 3. The Kier molecular flexibility index (Phi) is 4.52. The number of ether oxygens (including phenoxy) is 2. The summed E-state index contributed by atoms with van der Waals surface area (Å²) in [5.41, 5.74) is -1.06. The Morgan fingerprint density at radius 3 is 2.77 bits per heavy atom. The quantitative estimate of drug-likeness (QED) is 0.295. The second kappa shape index (κ2) is 6.05. The van der Waals surface area contributed by atoms with E-state index in [1.807, 2.05) is 0 Å². The van der Waals surface area contributed by atoms with Crippen molar-refractivity contribution >= 4 is 17.9 Å². The maximum atomic E-state index is 12.4. The van der Waals surface area contributed by atoms with Gasteiger partial charge in [-0.25, -0.2) is 9.59 Å². The summed E-state index contributed by atoms with van der Waals surface area (Å²) in [6.07, 6.45) is -0.197. The van der Waals surface area contributed by atoms with Crippen LogP contribution in [0.4, 0.5) is 4.79 Å². The van der Waals surface area contributed by atoms with Crippen LogP contribution in [-0.4, -0.2) is 76.9 Å². The van der Waals surface area contributed by atoms with E-state index in [2.05, 4.69) is 6.58 Å². The molecule has 0 radical (unpaired) electrons. The number of imide groups is 1. The molecule has 122 valence electrons. The number of esters is 1. The van der Waals surface area contributed by atoms with Crippen molar-refractivity contribution in [3.63, 3.8) is 0 Å². The van der Waals surface area contributed by atoms with Gasteiger partial charge in [0.05, 0.1) is 25.8 Å². The third-order valence-electron chi connectivity index (χ3n) is 3.67. The molecule has 0 aromatic heterocycles. The number of hydrogen-bond donors (Lipinski definition) is 1. The zero-order valence-electron chi connectivity index (χ0n) is 12.7. The van der Waals surface area contributed by atoms with Gasteiger partial charge in [-0.2, -0.15) is 0 Å². The number of carbonyl (C=O) groups is 3. The van der Waals surface area contributed by atoms with Crippen LogP contribution in [0.1, 0.15) is 13.8 Å². The van der Waals surface area contributed by atoms with Gasteiger partial charge in [-0.15, -0.1) is 0 Å². The number of aliphatic hydroxyl groups excluding tert-OH is 1. The topological polar surface area (TPSA) is 99.7 Å². The fourth-order valence-corrected chi connectivity index (χ4v) is 2.26. The van der Waals surface area contributed by atoms with E-state index in [0.29, 0.717) is 6.61 Å². The molecule has 22 heavy (non-hydrogen) atoms. The number of aliphatic hydroxyl groups is 1. The van der Waals surface area contributed by atoms with Gasteiger partial charge in [0.1, 0.15) is 18.2 Å². The lowest BCUT2D eigenvalue weighted by molar-refractivity contribution is -0.141. The van der Waals surface area contributed by atoms with Gasteiger partial charge < -0.3 is 19.5 Å².